The summed E-state index contributed by atoms with van der Waals surface area (Å²) in [4.78, 5) is 16.3. The van der Waals surface area contributed by atoms with Gasteiger partial charge in [0.15, 0.2) is 10.8 Å². The first kappa shape index (κ1) is 16.6. The summed E-state index contributed by atoms with van der Waals surface area (Å²) in [5, 5.41) is 13.2. The van der Waals surface area contributed by atoms with Crippen LogP contribution < -0.4 is 5.32 Å². The number of aliphatic hydroxyl groups is 1. The number of fused-ring (bicyclic) bond motifs is 1. The zero-order valence-electron chi connectivity index (χ0n) is 13.4. The number of thiazole rings is 1. The summed E-state index contributed by atoms with van der Waals surface area (Å²) in [6, 6.07) is 11.6. The van der Waals surface area contributed by atoms with Gasteiger partial charge in [0, 0.05) is 0 Å². The summed E-state index contributed by atoms with van der Waals surface area (Å²) in [5.41, 5.74) is -0.232. The maximum atomic E-state index is 11.7. The molecule has 0 bridgehead atoms. The number of aromatic nitrogens is 1. The molecular formula is C17H18N2O4S. The third-order valence-corrected chi connectivity index (χ3v) is 4.82. The Morgan fingerprint density at radius 2 is 2.17 bits per heavy atom. The first-order valence-electron chi connectivity index (χ1n) is 7.45. The second-order valence-corrected chi connectivity index (χ2v) is 6.62. The molecule has 0 fully saturated rings. The lowest BCUT2D eigenvalue weighted by atomic mass is 10.0. The van der Waals surface area contributed by atoms with E-state index in [1.165, 1.54) is 7.11 Å². The molecule has 3 rings (SSSR count). The van der Waals surface area contributed by atoms with E-state index in [0.29, 0.717) is 11.5 Å². The fourth-order valence-corrected chi connectivity index (χ4v) is 3.19. The van der Waals surface area contributed by atoms with Crippen molar-refractivity contribution in [2.45, 2.75) is 19.0 Å². The third kappa shape index (κ3) is 3.19. The first-order valence-corrected chi connectivity index (χ1v) is 8.26. The Labute approximate surface area is 143 Å². The number of benzene rings is 1. The van der Waals surface area contributed by atoms with Gasteiger partial charge in [-0.2, -0.15) is 0 Å². The van der Waals surface area contributed by atoms with Crippen LogP contribution in [-0.4, -0.2) is 35.3 Å². The van der Waals surface area contributed by atoms with Crippen LogP contribution in [0.25, 0.3) is 21.0 Å². The first-order chi connectivity index (χ1) is 11.6. The van der Waals surface area contributed by atoms with Crippen molar-refractivity contribution in [3.8, 4) is 10.8 Å². The Bertz CT molecular complexity index is 824. The maximum Gasteiger partial charge on any atom is 0.328 e. The van der Waals surface area contributed by atoms with Gasteiger partial charge in [-0.1, -0.05) is 12.1 Å². The summed E-state index contributed by atoms with van der Waals surface area (Å²) < 4.78 is 11.6. The van der Waals surface area contributed by atoms with E-state index in [1.54, 1.807) is 18.3 Å². The van der Waals surface area contributed by atoms with E-state index in [4.69, 9.17) is 9.15 Å². The zero-order valence-corrected chi connectivity index (χ0v) is 14.2. The van der Waals surface area contributed by atoms with E-state index in [-0.39, 0.29) is 13.2 Å². The molecule has 24 heavy (non-hydrogen) atoms. The van der Waals surface area contributed by atoms with E-state index in [0.717, 1.165) is 15.2 Å². The van der Waals surface area contributed by atoms with Crippen LogP contribution in [0.2, 0.25) is 0 Å². The molecular weight excluding hydrogens is 328 g/mol. The zero-order chi connectivity index (χ0) is 17.2. The number of hydrogen-bond acceptors (Lipinski definition) is 7. The number of carbonyl (C=O) groups is 1. The molecule has 3 aromatic rings. The molecule has 0 spiro atoms. The SMILES string of the molecule is COC(=O)C(C)(CO)NCc1ccc(-c2nc3ccccc3s2)o1. The van der Waals surface area contributed by atoms with Crippen LogP contribution in [0.1, 0.15) is 12.7 Å². The van der Waals surface area contributed by atoms with Crippen LogP contribution in [-0.2, 0) is 16.1 Å². The standard InChI is InChI=1S/C17H18N2O4S/c1-17(10-20,16(21)22-2)18-9-11-7-8-13(23-11)15-19-12-5-3-4-6-14(12)24-15/h3-8,18,20H,9-10H2,1-2H3. The van der Waals surface area contributed by atoms with Crippen LogP contribution in [0.4, 0.5) is 0 Å². The van der Waals surface area contributed by atoms with E-state index in [9.17, 15) is 9.90 Å². The number of ether oxygens (including phenoxy) is 1. The second-order valence-electron chi connectivity index (χ2n) is 5.59. The Hall–Kier alpha value is -2.22. The van der Waals surface area contributed by atoms with E-state index in [1.807, 2.05) is 36.4 Å². The van der Waals surface area contributed by atoms with Crippen molar-refractivity contribution in [2.75, 3.05) is 13.7 Å². The van der Waals surface area contributed by atoms with Crippen LogP contribution in [0, 0.1) is 0 Å². The average Bonchev–Trinajstić information content (AvgIpc) is 3.25. The summed E-state index contributed by atoms with van der Waals surface area (Å²) in [7, 11) is 1.29. The second kappa shape index (κ2) is 6.72. The molecule has 1 unspecified atom stereocenters. The van der Waals surface area contributed by atoms with Crippen molar-refractivity contribution in [1.82, 2.24) is 10.3 Å². The topological polar surface area (TPSA) is 84.6 Å². The van der Waals surface area contributed by atoms with Crippen molar-refractivity contribution in [3.05, 3.63) is 42.2 Å². The predicted molar refractivity (Wildman–Crippen MR) is 91.7 cm³/mol. The van der Waals surface area contributed by atoms with Gasteiger partial charge in [-0.3, -0.25) is 5.32 Å². The van der Waals surface area contributed by atoms with Gasteiger partial charge in [-0.05, 0) is 31.2 Å². The molecule has 2 aromatic heterocycles. The quantitative estimate of drug-likeness (QED) is 0.667. The van der Waals surface area contributed by atoms with Crippen LogP contribution in [0.15, 0.2) is 40.8 Å². The van der Waals surface area contributed by atoms with Gasteiger partial charge < -0.3 is 14.3 Å². The van der Waals surface area contributed by atoms with Crippen LogP contribution >= 0.6 is 11.3 Å². The molecule has 0 radical (unpaired) electrons. The van der Waals surface area contributed by atoms with Crippen LogP contribution in [0.5, 0.6) is 0 Å². The van der Waals surface area contributed by atoms with E-state index in [2.05, 4.69) is 10.3 Å². The molecule has 2 heterocycles. The fraction of sp³-hybridized carbons (Fsp3) is 0.294. The highest BCUT2D eigenvalue weighted by molar-refractivity contribution is 7.21. The molecule has 0 aliphatic carbocycles. The molecule has 1 aromatic carbocycles. The molecule has 0 saturated heterocycles. The normalized spacial score (nSPS) is 13.8. The van der Waals surface area contributed by atoms with Gasteiger partial charge in [-0.25, -0.2) is 9.78 Å². The number of rotatable bonds is 6. The van der Waals surface area contributed by atoms with E-state index < -0.39 is 11.5 Å². The lowest BCUT2D eigenvalue weighted by Crippen LogP contribution is -2.52. The van der Waals surface area contributed by atoms with Crippen molar-refractivity contribution in [2.24, 2.45) is 0 Å². The van der Waals surface area contributed by atoms with Crippen molar-refractivity contribution in [1.29, 1.82) is 0 Å². The maximum absolute atomic E-state index is 11.7. The van der Waals surface area contributed by atoms with Gasteiger partial charge in [0.2, 0.25) is 0 Å². The number of hydrogen-bond donors (Lipinski definition) is 2. The van der Waals surface area contributed by atoms with Crippen LogP contribution in [0.3, 0.4) is 0 Å². The minimum atomic E-state index is -1.17. The van der Waals surface area contributed by atoms with E-state index >= 15 is 0 Å². The highest BCUT2D eigenvalue weighted by Crippen LogP contribution is 2.31. The minimum absolute atomic E-state index is 0.289. The highest BCUT2D eigenvalue weighted by atomic mass is 32.1. The van der Waals surface area contributed by atoms with Gasteiger partial charge in [0.05, 0.1) is 30.5 Å². The number of nitrogens with zero attached hydrogens (tertiary/aromatic N) is 1. The Morgan fingerprint density at radius 3 is 2.88 bits per heavy atom. The highest BCUT2D eigenvalue weighted by Gasteiger charge is 2.33. The summed E-state index contributed by atoms with van der Waals surface area (Å²) >= 11 is 1.56. The monoisotopic (exact) mass is 346 g/mol. The molecule has 1 atom stereocenters. The lowest BCUT2D eigenvalue weighted by Gasteiger charge is -2.25. The largest absolute Gasteiger partial charge is 0.468 e. The summed E-state index contributed by atoms with van der Waals surface area (Å²) in [5.74, 6) is 0.799. The van der Waals surface area contributed by atoms with Gasteiger partial charge in [0.1, 0.15) is 11.3 Å². The number of esters is 1. The summed E-state index contributed by atoms with van der Waals surface area (Å²) in [6.45, 7) is 1.50. The molecule has 0 aliphatic rings. The van der Waals surface area contributed by atoms with Gasteiger partial charge >= 0.3 is 5.97 Å². The molecule has 2 N–H and O–H groups in total. The number of furan rings is 1. The number of para-hydroxylation sites is 1. The molecule has 0 aliphatic heterocycles. The molecule has 7 heteroatoms. The molecule has 0 amide bonds. The molecule has 6 nitrogen and oxygen atoms in total. The minimum Gasteiger partial charge on any atom is -0.468 e. The molecule has 126 valence electrons. The Balaban J connectivity index is 1.75. The molecule has 0 saturated carbocycles. The Morgan fingerprint density at radius 1 is 1.38 bits per heavy atom. The van der Waals surface area contributed by atoms with Gasteiger partial charge in [-0.15, -0.1) is 11.3 Å². The predicted octanol–water partition coefficient (Wildman–Crippen LogP) is 2.57. The number of aliphatic hydroxyl groups excluding tert-OH is 1. The van der Waals surface area contributed by atoms with Gasteiger partial charge in [0.25, 0.3) is 0 Å². The summed E-state index contributed by atoms with van der Waals surface area (Å²) in [6.07, 6.45) is 0. The van der Waals surface area contributed by atoms with Crippen molar-refractivity contribution in [3.63, 3.8) is 0 Å². The number of methoxy groups -OCH3 is 1. The number of carbonyl (C=O) groups excluding carboxylic acids is 1. The average molecular weight is 346 g/mol. The third-order valence-electron chi connectivity index (χ3n) is 3.77. The van der Waals surface area contributed by atoms with Crippen molar-refractivity contribution >= 4 is 27.5 Å². The smallest absolute Gasteiger partial charge is 0.328 e. The lowest BCUT2D eigenvalue weighted by molar-refractivity contribution is -0.149. The Kier molecular flexibility index (Phi) is 4.66. The number of nitrogens with one attached hydrogen (secondary N) is 1. The fourth-order valence-electron chi connectivity index (χ4n) is 2.27. The van der Waals surface area contributed by atoms with Crippen molar-refractivity contribution < 1.29 is 19.1 Å².